The third kappa shape index (κ3) is 4.28. The molecule has 0 amide bonds. The molecular weight excluding hydrogens is 310 g/mol. The van der Waals surface area contributed by atoms with Crippen LogP contribution in [0.2, 0.25) is 0 Å². The van der Waals surface area contributed by atoms with Crippen LogP contribution >= 0.6 is 0 Å². The number of rotatable bonds is 6. The van der Waals surface area contributed by atoms with Crippen molar-refractivity contribution in [1.82, 2.24) is 0 Å². The van der Waals surface area contributed by atoms with Crippen molar-refractivity contribution in [3.8, 4) is 0 Å². The van der Waals surface area contributed by atoms with E-state index < -0.39 is 0 Å². The average Bonchev–Trinajstić information content (AvgIpc) is 2.68. The third-order valence-electron chi connectivity index (χ3n) is 4.70. The van der Waals surface area contributed by atoms with Gasteiger partial charge in [0.2, 0.25) is 0 Å². The number of methoxy groups -OCH3 is 1. The molecule has 2 N–H and O–H groups in total. The van der Waals surface area contributed by atoms with Gasteiger partial charge in [-0.15, -0.1) is 0 Å². The molecule has 0 saturated heterocycles. The predicted octanol–water partition coefficient (Wildman–Crippen LogP) is 4.48. The molecule has 2 aromatic carbocycles. The van der Waals surface area contributed by atoms with E-state index in [9.17, 15) is 0 Å². The number of para-hydroxylation sites is 1. The van der Waals surface area contributed by atoms with Crippen LogP contribution in [0.3, 0.4) is 0 Å². The van der Waals surface area contributed by atoms with Crippen molar-refractivity contribution < 1.29 is 4.74 Å². The van der Waals surface area contributed by atoms with E-state index in [0.717, 1.165) is 30.0 Å². The minimum absolute atomic E-state index is 0.114. The van der Waals surface area contributed by atoms with Crippen LogP contribution in [0.4, 0.5) is 17.1 Å². The number of hydrogen-bond donors (Lipinski definition) is 2. The summed E-state index contributed by atoms with van der Waals surface area (Å²) in [6, 6.07) is 18.7. The summed E-state index contributed by atoms with van der Waals surface area (Å²) >= 11 is 0. The second kappa shape index (κ2) is 7.99. The van der Waals surface area contributed by atoms with Crippen molar-refractivity contribution in [2.24, 2.45) is 5.92 Å². The maximum Gasteiger partial charge on any atom is 0.0762 e. The van der Waals surface area contributed by atoms with Crippen LogP contribution in [0, 0.1) is 11.3 Å². The van der Waals surface area contributed by atoms with Crippen molar-refractivity contribution in [2.75, 3.05) is 30.9 Å². The van der Waals surface area contributed by atoms with Crippen molar-refractivity contribution in [3.05, 3.63) is 66.7 Å². The highest BCUT2D eigenvalue weighted by Gasteiger charge is 2.21. The number of nitrogens with zero attached hydrogens (tertiary/aromatic N) is 1. The highest BCUT2D eigenvalue weighted by Crippen LogP contribution is 2.25. The summed E-state index contributed by atoms with van der Waals surface area (Å²) in [5.74, 6) is 0.182. The Morgan fingerprint density at radius 1 is 1.08 bits per heavy atom. The van der Waals surface area contributed by atoms with E-state index in [0.29, 0.717) is 5.71 Å². The molecule has 4 nitrogen and oxygen atoms in total. The van der Waals surface area contributed by atoms with Gasteiger partial charge in [0.1, 0.15) is 0 Å². The lowest BCUT2D eigenvalue weighted by Gasteiger charge is -2.25. The third-order valence-corrected chi connectivity index (χ3v) is 4.70. The van der Waals surface area contributed by atoms with Crippen molar-refractivity contribution in [3.63, 3.8) is 0 Å². The van der Waals surface area contributed by atoms with E-state index in [1.165, 1.54) is 0 Å². The van der Waals surface area contributed by atoms with Gasteiger partial charge in [0.25, 0.3) is 0 Å². The van der Waals surface area contributed by atoms with Gasteiger partial charge >= 0.3 is 0 Å². The first kappa shape index (κ1) is 17.2. The maximum absolute atomic E-state index is 8.07. The molecule has 4 heteroatoms. The fourth-order valence-electron chi connectivity index (χ4n) is 3.05. The van der Waals surface area contributed by atoms with Crippen LogP contribution in [0.5, 0.6) is 0 Å². The van der Waals surface area contributed by atoms with Gasteiger partial charge < -0.3 is 20.4 Å². The predicted molar refractivity (Wildman–Crippen MR) is 105 cm³/mol. The Balaban J connectivity index is 1.60. The van der Waals surface area contributed by atoms with E-state index in [1.807, 2.05) is 30.4 Å². The molecule has 2 aromatic rings. The molecule has 0 saturated carbocycles. The normalized spacial score (nSPS) is 19.7. The minimum Gasteiger partial charge on any atom is -0.384 e. The lowest BCUT2D eigenvalue weighted by atomic mass is 9.90. The number of ether oxygens (including phenoxy) is 1. The zero-order valence-corrected chi connectivity index (χ0v) is 14.8. The van der Waals surface area contributed by atoms with Gasteiger partial charge in [0, 0.05) is 49.4 Å². The van der Waals surface area contributed by atoms with Crippen LogP contribution in [0.25, 0.3) is 0 Å². The Morgan fingerprint density at radius 3 is 2.44 bits per heavy atom. The Kier molecular flexibility index (Phi) is 5.51. The van der Waals surface area contributed by atoms with E-state index >= 15 is 0 Å². The molecular formula is C21H25N3O. The Morgan fingerprint density at radius 2 is 1.76 bits per heavy atom. The zero-order chi connectivity index (χ0) is 17.6. The molecule has 0 radical (unpaired) electrons. The number of benzene rings is 2. The summed E-state index contributed by atoms with van der Waals surface area (Å²) in [7, 11) is 3.79. The summed E-state index contributed by atoms with van der Waals surface area (Å²) in [6.07, 6.45) is 4.80. The summed E-state index contributed by atoms with van der Waals surface area (Å²) in [4.78, 5) is 2.16. The zero-order valence-electron chi connectivity index (χ0n) is 14.8. The molecule has 0 fully saturated rings. The molecule has 0 bridgehead atoms. The van der Waals surface area contributed by atoms with E-state index in [1.54, 1.807) is 7.11 Å². The topological polar surface area (TPSA) is 48.4 Å². The first-order valence-corrected chi connectivity index (χ1v) is 8.59. The molecule has 25 heavy (non-hydrogen) atoms. The second-order valence-corrected chi connectivity index (χ2v) is 6.34. The van der Waals surface area contributed by atoms with Crippen molar-refractivity contribution in [1.29, 1.82) is 5.41 Å². The van der Waals surface area contributed by atoms with Crippen LogP contribution in [-0.4, -0.2) is 32.5 Å². The van der Waals surface area contributed by atoms with Crippen LogP contribution < -0.4 is 10.2 Å². The van der Waals surface area contributed by atoms with E-state index in [-0.39, 0.29) is 12.0 Å². The molecule has 0 aliphatic heterocycles. The molecule has 2 atom stereocenters. The molecule has 1 aliphatic rings. The highest BCUT2D eigenvalue weighted by molar-refractivity contribution is 5.95. The largest absolute Gasteiger partial charge is 0.384 e. The summed E-state index contributed by atoms with van der Waals surface area (Å²) < 4.78 is 5.39. The highest BCUT2D eigenvalue weighted by atomic mass is 16.5. The smallest absolute Gasteiger partial charge is 0.0762 e. The monoisotopic (exact) mass is 335 g/mol. The van der Waals surface area contributed by atoms with Crippen molar-refractivity contribution >= 4 is 22.8 Å². The SMILES string of the molecule is COC1C=CC(=N)C(CNc2ccc(N(C)c3ccccc3)cc2)C1. The first-order chi connectivity index (χ1) is 12.2. The van der Waals surface area contributed by atoms with Gasteiger partial charge in [-0.1, -0.05) is 24.3 Å². The summed E-state index contributed by atoms with van der Waals surface area (Å²) in [6.45, 7) is 0.747. The number of nitrogens with one attached hydrogen (secondary N) is 2. The van der Waals surface area contributed by atoms with Crippen molar-refractivity contribution in [2.45, 2.75) is 12.5 Å². The van der Waals surface area contributed by atoms with Crippen LogP contribution in [0.15, 0.2) is 66.7 Å². The molecule has 3 rings (SSSR count). The van der Waals surface area contributed by atoms with Gasteiger partial charge in [0.05, 0.1) is 6.10 Å². The second-order valence-electron chi connectivity index (χ2n) is 6.34. The first-order valence-electron chi connectivity index (χ1n) is 8.59. The summed E-state index contributed by atoms with van der Waals surface area (Å²) in [5.41, 5.74) is 4.04. The van der Waals surface area contributed by atoms with Crippen LogP contribution in [0.1, 0.15) is 6.42 Å². The standard InChI is InChI=1S/C21H25N3O/c1-24(18-6-4-3-5-7-18)19-10-8-17(9-11-19)23-15-16-14-20(25-2)12-13-21(16)22/h3-13,16,20,22-23H,14-15H2,1-2H3. The number of hydrogen-bond acceptors (Lipinski definition) is 4. The molecule has 130 valence electrons. The van der Waals surface area contributed by atoms with E-state index in [4.69, 9.17) is 10.1 Å². The van der Waals surface area contributed by atoms with Crippen LogP contribution in [-0.2, 0) is 4.74 Å². The van der Waals surface area contributed by atoms with E-state index in [2.05, 4.69) is 53.7 Å². The maximum atomic E-state index is 8.07. The molecule has 0 aromatic heterocycles. The number of allylic oxidation sites excluding steroid dienone is 1. The van der Waals surface area contributed by atoms with Gasteiger partial charge in [-0.25, -0.2) is 0 Å². The average molecular weight is 335 g/mol. The lowest BCUT2D eigenvalue weighted by Crippen LogP contribution is -2.29. The Hall–Kier alpha value is -2.59. The molecule has 2 unspecified atom stereocenters. The van der Waals surface area contributed by atoms with Gasteiger partial charge in [0.15, 0.2) is 0 Å². The quantitative estimate of drug-likeness (QED) is 0.818. The Labute approximate surface area is 149 Å². The van der Waals surface area contributed by atoms with Gasteiger partial charge in [-0.05, 0) is 48.9 Å². The molecule has 0 heterocycles. The Bertz CT molecular complexity index is 725. The minimum atomic E-state index is 0.114. The fourth-order valence-corrected chi connectivity index (χ4v) is 3.05. The molecule has 0 spiro atoms. The van der Waals surface area contributed by atoms with Gasteiger partial charge in [-0.3, -0.25) is 0 Å². The fraction of sp³-hybridized carbons (Fsp3) is 0.286. The molecule has 1 aliphatic carbocycles. The summed E-state index contributed by atoms with van der Waals surface area (Å²) in [5, 5.41) is 11.5. The lowest BCUT2D eigenvalue weighted by molar-refractivity contribution is 0.124. The number of anilines is 3. The van der Waals surface area contributed by atoms with Gasteiger partial charge in [-0.2, -0.15) is 0 Å².